The van der Waals surface area contributed by atoms with Crippen molar-refractivity contribution in [3.05, 3.63) is 95.6 Å². The average molecular weight is 488 g/mol. The molecule has 1 heterocycles. The van der Waals surface area contributed by atoms with E-state index in [1.807, 2.05) is 42.5 Å². The summed E-state index contributed by atoms with van der Waals surface area (Å²) in [6.45, 7) is 1.75. The molecule has 2 atom stereocenters. The maximum Gasteiger partial charge on any atom is 0.338 e. The van der Waals surface area contributed by atoms with Crippen molar-refractivity contribution in [3.63, 3.8) is 0 Å². The Hall–Kier alpha value is -4.33. The van der Waals surface area contributed by atoms with E-state index < -0.39 is 12.0 Å². The van der Waals surface area contributed by atoms with Crippen LogP contribution < -0.4 is 10.6 Å². The molecule has 0 spiro atoms. The van der Waals surface area contributed by atoms with Crippen molar-refractivity contribution in [2.75, 3.05) is 18.5 Å². The number of anilines is 1. The van der Waals surface area contributed by atoms with E-state index in [0.29, 0.717) is 23.2 Å². The molecule has 36 heavy (non-hydrogen) atoms. The second kappa shape index (κ2) is 11.4. The maximum atomic E-state index is 13.4. The van der Waals surface area contributed by atoms with Gasteiger partial charge < -0.3 is 25.4 Å². The first-order chi connectivity index (χ1) is 17.5. The second-order valence-corrected chi connectivity index (χ2v) is 8.49. The van der Waals surface area contributed by atoms with Crippen molar-refractivity contribution in [2.45, 2.75) is 31.8 Å². The summed E-state index contributed by atoms with van der Waals surface area (Å²) in [4.78, 5) is 39.7. The quantitative estimate of drug-likeness (QED) is 0.415. The van der Waals surface area contributed by atoms with Crippen LogP contribution in [0.15, 0.2) is 78.9 Å². The fraction of sp³-hybridized carbons (Fsp3) is 0.250. The number of rotatable bonds is 7. The Kier molecular flexibility index (Phi) is 7.85. The molecule has 0 bridgehead atoms. The molecule has 8 nitrogen and oxygen atoms in total. The minimum absolute atomic E-state index is 0.140. The van der Waals surface area contributed by atoms with Crippen LogP contribution in [0.25, 0.3) is 0 Å². The van der Waals surface area contributed by atoms with Crippen LogP contribution in [0, 0.1) is 0 Å². The highest BCUT2D eigenvalue weighted by atomic mass is 16.5. The topological polar surface area (TPSA) is 108 Å². The molecule has 0 aliphatic carbocycles. The Labute approximate surface area is 209 Å². The lowest BCUT2D eigenvalue weighted by Crippen LogP contribution is -2.42. The van der Waals surface area contributed by atoms with Gasteiger partial charge in [-0.3, -0.25) is 4.79 Å². The molecule has 0 radical (unpaired) electrons. The monoisotopic (exact) mass is 487 g/mol. The summed E-state index contributed by atoms with van der Waals surface area (Å²) in [5.74, 6) is -0.598. The van der Waals surface area contributed by atoms with Gasteiger partial charge >= 0.3 is 12.0 Å². The number of hydrogen-bond donors (Lipinski definition) is 3. The Bertz CT molecular complexity index is 1230. The minimum atomic E-state index is -0.570. The SMILES string of the molecule is CCOC(=O)c1cccc(NC(=O)NCC(=O)N2C(c3ccccc3)CCC2c2ccccc2O)c1. The molecule has 3 amide bonds. The van der Waals surface area contributed by atoms with Gasteiger partial charge in [0.1, 0.15) is 5.75 Å². The van der Waals surface area contributed by atoms with E-state index >= 15 is 0 Å². The summed E-state index contributed by atoms with van der Waals surface area (Å²) >= 11 is 0. The number of likely N-dealkylation sites (tertiary alicyclic amines) is 1. The van der Waals surface area contributed by atoms with Gasteiger partial charge in [0.15, 0.2) is 0 Å². The lowest BCUT2D eigenvalue weighted by atomic mass is 10.0. The molecular weight excluding hydrogens is 458 g/mol. The van der Waals surface area contributed by atoms with Crippen LogP contribution in [0.3, 0.4) is 0 Å². The van der Waals surface area contributed by atoms with Gasteiger partial charge in [-0.15, -0.1) is 0 Å². The zero-order valence-electron chi connectivity index (χ0n) is 20.0. The van der Waals surface area contributed by atoms with Gasteiger partial charge in [0, 0.05) is 11.3 Å². The van der Waals surface area contributed by atoms with Crippen LogP contribution in [0.5, 0.6) is 5.75 Å². The number of carbonyl (C=O) groups excluding carboxylic acids is 3. The lowest BCUT2D eigenvalue weighted by Gasteiger charge is -2.31. The van der Waals surface area contributed by atoms with E-state index in [4.69, 9.17) is 4.74 Å². The van der Waals surface area contributed by atoms with E-state index in [1.54, 1.807) is 42.2 Å². The Morgan fingerprint density at radius 2 is 1.67 bits per heavy atom. The van der Waals surface area contributed by atoms with Gasteiger partial charge in [0.05, 0.1) is 30.8 Å². The minimum Gasteiger partial charge on any atom is -0.508 e. The molecule has 3 aromatic rings. The molecule has 186 valence electrons. The highest BCUT2D eigenvalue weighted by Crippen LogP contribution is 2.45. The average Bonchev–Trinajstić information content (AvgIpc) is 3.33. The van der Waals surface area contributed by atoms with Crippen molar-refractivity contribution in [2.24, 2.45) is 0 Å². The molecular formula is C28H29N3O5. The number of esters is 1. The van der Waals surface area contributed by atoms with E-state index in [-0.39, 0.29) is 36.9 Å². The molecule has 1 fully saturated rings. The van der Waals surface area contributed by atoms with E-state index in [2.05, 4.69) is 10.6 Å². The molecule has 0 saturated carbocycles. The summed E-state index contributed by atoms with van der Waals surface area (Å²) in [5.41, 5.74) is 2.41. The summed E-state index contributed by atoms with van der Waals surface area (Å²) in [6.07, 6.45) is 1.43. The third-order valence-corrected chi connectivity index (χ3v) is 6.18. The number of nitrogens with one attached hydrogen (secondary N) is 2. The first-order valence-electron chi connectivity index (χ1n) is 11.9. The number of phenols is 1. The number of aromatic hydroxyl groups is 1. The number of benzene rings is 3. The molecule has 8 heteroatoms. The predicted molar refractivity (Wildman–Crippen MR) is 136 cm³/mol. The van der Waals surface area contributed by atoms with Crippen molar-refractivity contribution in [3.8, 4) is 5.75 Å². The van der Waals surface area contributed by atoms with Crippen LogP contribution in [0.1, 0.15) is 53.3 Å². The normalized spacial score (nSPS) is 16.9. The van der Waals surface area contributed by atoms with Crippen molar-refractivity contribution >= 4 is 23.6 Å². The summed E-state index contributed by atoms with van der Waals surface area (Å²) in [7, 11) is 0. The zero-order chi connectivity index (χ0) is 25.5. The summed E-state index contributed by atoms with van der Waals surface area (Å²) < 4.78 is 4.99. The van der Waals surface area contributed by atoms with E-state index in [9.17, 15) is 19.5 Å². The second-order valence-electron chi connectivity index (χ2n) is 8.49. The van der Waals surface area contributed by atoms with Gasteiger partial charge in [0.25, 0.3) is 0 Å². The standard InChI is InChI=1S/C28H29N3O5/c1-2-36-27(34)20-11-8-12-21(17-20)30-28(35)29-18-26(33)31-23(19-9-4-3-5-10-19)15-16-24(31)22-13-6-7-14-25(22)32/h3-14,17,23-24,32H,2,15-16,18H2,1H3,(H2,29,30,35). The lowest BCUT2D eigenvalue weighted by molar-refractivity contribution is -0.133. The first-order valence-corrected chi connectivity index (χ1v) is 11.9. The number of carbonyl (C=O) groups is 3. The first kappa shape index (κ1) is 24.8. The van der Waals surface area contributed by atoms with Crippen LogP contribution in [0.4, 0.5) is 10.5 Å². The van der Waals surface area contributed by atoms with Crippen LogP contribution >= 0.6 is 0 Å². The summed E-state index contributed by atoms with van der Waals surface area (Å²) in [6, 6.07) is 22.1. The van der Waals surface area contributed by atoms with Crippen LogP contribution in [-0.4, -0.2) is 41.1 Å². The number of urea groups is 1. The molecule has 1 aliphatic heterocycles. The molecule has 3 aromatic carbocycles. The van der Waals surface area contributed by atoms with Crippen molar-refractivity contribution in [1.82, 2.24) is 10.2 Å². The van der Waals surface area contributed by atoms with Gasteiger partial charge in [-0.2, -0.15) is 0 Å². The molecule has 2 unspecified atom stereocenters. The third-order valence-electron chi connectivity index (χ3n) is 6.18. The molecule has 3 N–H and O–H groups in total. The van der Waals surface area contributed by atoms with E-state index in [0.717, 1.165) is 12.0 Å². The maximum absolute atomic E-state index is 13.4. The number of phenolic OH excluding ortho intramolecular Hbond substituents is 1. The van der Waals surface area contributed by atoms with Crippen LogP contribution in [-0.2, 0) is 9.53 Å². The van der Waals surface area contributed by atoms with Crippen LogP contribution in [0.2, 0.25) is 0 Å². The van der Waals surface area contributed by atoms with Crippen molar-refractivity contribution in [1.29, 1.82) is 0 Å². The predicted octanol–water partition coefficient (Wildman–Crippen LogP) is 4.80. The highest BCUT2D eigenvalue weighted by molar-refractivity contribution is 5.95. The van der Waals surface area contributed by atoms with Crippen molar-refractivity contribution < 1.29 is 24.2 Å². The highest BCUT2D eigenvalue weighted by Gasteiger charge is 2.39. The van der Waals surface area contributed by atoms with E-state index in [1.165, 1.54) is 6.07 Å². The number of amides is 3. The fourth-order valence-electron chi connectivity index (χ4n) is 4.60. The Morgan fingerprint density at radius 3 is 2.42 bits per heavy atom. The molecule has 1 aliphatic rings. The molecule has 1 saturated heterocycles. The molecule has 0 aromatic heterocycles. The zero-order valence-corrected chi connectivity index (χ0v) is 20.0. The van der Waals surface area contributed by atoms with Gasteiger partial charge in [0.2, 0.25) is 5.91 Å². The number of nitrogens with zero attached hydrogens (tertiary/aromatic N) is 1. The van der Waals surface area contributed by atoms with Gasteiger partial charge in [-0.25, -0.2) is 9.59 Å². The number of hydrogen-bond acceptors (Lipinski definition) is 5. The number of para-hydroxylation sites is 1. The van der Waals surface area contributed by atoms with Gasteiger partial charge in [-0.05, 0) is 49.6 Å². The Morgan fingerprint density at radius 1 is 0.944 bits per heavy atom. The number of ether oxygens (including phenoxy) is 1. The third kappa shape index (κ3) is 5.66. The Balaban J connectivity index is 1.46. The smallest absolute Gasteiger partial charge is 0.338 e. The molecule has 4 rings (SSSR count). The fourth-order valence-corrected chi connectivity index (χ4v) is 4.60. The summed E-state index contributed by atoms with van der Waals surface area (Å²) in [5, 5.41) is 15.7. The van der Waals surface area contributed by atoms with Gasteiger partial charge in [-0.1, -0.05) is 54.6 Å². The largest absolute Gasteiger partial charge is 0.508 e.